The first kappa shape index (κ1) is 21.0. The van der Waals surface area contributed by atoms with Crippen molar-refractivity contribution in [1.82, 2.24) is 20.1 Å². The minimum absolute atomic E-state index is 0.171. The second-order valence-corrected chi connectivity index (χ2v) is 6.43. The summed E-state index contributed by atoms with van der Waals surface area (Å²) < 4.78 is 47.2. The maximum atomic E-state index is 12.7. The Balaban J connectivity index is 1.54. The van der Waals surface area contributed by atoms with Crippen LogP contribution in [0.1, 0.15) is 21.8 Å². The average molecular weight is 441 g/mol. The van der Waals surface area contributed by atoms with Gasteiger partial charge < -0.3 is 14.6 Å². The third-order valence-electron chi connectivity index (χ3n) is 4.22. The number of anilines is 1. The molecule has 2 aromatic carbocycles. The summed E-state index contributed by atoms with van der Waals surface area (Å²) in [5.74, 6) is -0.843. The van der Waals surface area contributed by atoms with E-state index in [4.69, 9.17) is 4.52 Å². The highest BCUT2D eigenvalue weighted by Gasteiger charge is 2.33. The van der Waals surface area contributed by atoms with Gasteiger partial charge in [0.2, 0.25) is 11.7 Å². The maximum absolute atomic E-state index is 12.7. The van der Waals surface area contributed by atoms with Gasteiger partial charge >= 0.3 is 6.36 Å². The van der Waals surface area contributed by atoms with E-state index in [0.29, 0.717) is 16.9 Å². The van der Waals surface area contributed by atoms with Crippen LogP contribution in [0.5, 0.6) is 5.75 Å². The Hall–Kier alpha value is -4.28. The van der Waals surface area contributed by atoms with Gasteiger partial charge in [-0.2, -0.15) is 4.98 Å². The van der Waals surface area contributed by atoms with Gasteiger partial charge in [-0.3, -0.25) is 9.78 Å². The summed E-state index contributed by atoms with van der Waals surface area (Å²) in [5, 5.41) is 6.48. The first-order valence-corrected chi connectivity index (χ1v) is 9.22. The van der Waals surface area contributed by atoms with Gasteiger partial charge in [0.1, 0.15) is 11.4 Å². The first-order chi connectivity index (χ1) is 15.4. The molecule has 4 rings (SSSR count). The topological polar surface area (TPSA) is 103 Å². The SMILES string of the molecule is O=C(Nc1ccccc1Cc1nc(-c2cnccn2)no1)c1ccccc1OC(F)(F)F. The number of rotatable bonds is 6. The molecule has 8 nitrogen and oxygen atoms in total. The van der Waals surface area contributed by atoms with Crippen LogP contribution >= 0.6 is 0 Å². The molecular weight excluding hydrogens is 427 g/mol. The van der Waals surface area contributed by atoms with Crippen LogP contribution in [0.2, 0.25) is 0 Å². The fourth-order valence-corrected chi connectivity index (χ4v) is 2.86. The van der Waals surface area contributed by atoms with Crippen molar-refractivity contribution in [1.29, 1.82) is 0 Å². The number of para-hydroxylation sites is 2. The second kappa shape index (κ2) is 8.84. The van der Waals surface area contributed by atoms with Gasteiger partial charge in [-0.25, -0.2) is 4.98 Å². The largest absolute Gasteiger partial charge is 0.573 e. The van der Waals surface area contributed by atoms with Crippen molar-refractivity contribution in [2.24, 2.45) is 0 Å². The molecule has 11 heteroatoms. The molecule has 0 saturated carbocycles. The van der Waals surface area contributed by atoms with E-state index in [2.05, 4.69) is 30.2 Å². The molecule has 2 aromatic heterocycles. The molecule has 162 valence electrons. The number of hydrogen-bond acceptors (Lipinski definition) is 7. The molecule has 2 heterocycles. The van der Waals surface area contributed by atoms with Crippen LogP contribution in [-0.2, 0) is 6.42 Å². The zero-order valence-electron chi connectivity index (χ0n) is 16.2. The lowest BCUT2D eigenvalue weighted by Gasteiger charge is -2.14. The highest BCUT2D eigenvalue weighted by Crippen LogP contribution is 2.28. The van der Waals surface area contributed by atoms with Crippen LogP contribution in [0.4, 0.5) is 18.9 Å². The fourth-order valence-electron chi connectivity index (χ4n) is 2.86. The summed E-state index contributed by atoms with van der Waals surface area (Å²) in [7, 11) is 0. The van der Waals surface area contributed by atoms with E-state index in [9.17, 15) is 18.0 Å². The summed E-state index contributed by atoms with van der Waals surface area (Å²) in [6.45, 7) is 0. The summed E-state index contributed by atoms with van der Waals surface area (Å²) in [5.41, 5.74) is 1.16. The molecule has 32 heavy (non-hydrogen) atoms. The Morgan fingerprint density at radius 2 is 1.84 bits per heavy atom. The van der Waals surface area contributed by atoms with Gasteiger partial charge in [-0.05, 0) is 23.8 Å². The maximum Gasteiger partial charge on any atom is 0.573 e. The highest BCUT2D eigenvalue weighted by atomic mass is 19.4. The number of amides is 1. The van der Waals surface area contributed by atoms with Crippen molar-refractivity contribution >= 4 is 11.6 Å². The van der Waals surface area contributed by atoms with Gasteiger partial charge in [0.05, 0.1) is 18.2 Å². The van der Waals surface area contributed by atoms with E-state index in [0.717, 1.165) is 6.07 Å². The van der Waals surface area contributed by atoms with E-state index in [1.165, 1.54) is 36.8 Å². The van der Waals surface area contributed by atoms with E-state index < -0.39 is 18.0 Å². The summed E-state index contributed by atoms with van der Waals surface area (Å²) >= 11 is 0. The van der Waals surface area contributed by atoms with Crippen molar-refractivity contribution in [3.05, 3.63) is 84.1 Å². The zero-order chi connectivity index (χ0) is 22.6. The number of ether oxygens (including phenoxy) is 1. The lowest BCUT2D eigenvalue weighted by atomic mass is 10.1. The normalized spacial score (nSPS) is 11.2. The minimum atomic E-state index is -4.92. The summed E-state index contributed by atoms with van der Waals surface area (Å²) in [6.07, 6.45) is -0.251. The Morgan fingerprint density at radius 3 is 2.62 bits per heavy atom. The molecule has 1 amide bonds. The first-order valence-electron chi connectivity index (χ1n) is 9.22. The van der Waals surface area contributed by atoms with Gasteiger partial charge in [0.15, 0.2) is 0 Å². The van der Waals surface area contributed by atoms with Crippen LogP contribution in [0.15, 0.2) is 71.6 Å². The van der Waals surface area contributed by atoms with E-state index >= 15 is 0 Å². The van der Waals surface area contributed by atoms with Crippen LogP contribution in [0.3, 0.4) is 0 Å². The molecule has 0 aliphatic carbocycles. The summed E-state index contributed by atoms with van der Waals surface area (Å²) in [6, 6.07) is 11.8. The number of benzene rings is 2. The van der Waals surface area contributed by atoms with Gasteiger partial charge in [0, 0.05) is 18.1 Å². The highest BCUT2D eigenvalue weighted by molar-refractivity contribution is 6.06. The van der Waals surface area contributed by atoms with E-state index in [1.54, 1.807) is 24.3 Å². The average Bonchev–Trinajstić information content (AvgIpc) is 3.23. The third kappa shape index (κ3) is 5.06. The number of hydrogen-bond donors (Lipinski definition) is 1. The molecule has 0 unspecified atom stereocenters. The van der Waals surface area contributed by atoms with Crippen LogP contribution in [-0.4, -0.2) is 32.4 Å². The van der Waals surface area contributed by atoms with Gasteiger partial charge in [0.25, 0.3) is 5.91 Å². The number of nitrogens with one attached hydrogen (secondary N) is 1. The molecule has 0 fully saturated rings. The molecule has 0 spiro atoms. The molecule has 0 bridgehead atoms. The molecule has 0 saturated heterocycles. The molecule has 0 aliphatic rings. The Bertz CT molecular complexity index is 1230. The van der Waals surface area contributed by atoms with Gasteiger partial charge in [-0.1, -0.05) is 35.5 Å². The molecular formula is C21H14F3N5O3. The zero-order valence-corrected chi connectivity index (χ0v) is 16.2. The smallest absolute Gasteiger partial charge is 0.405 e. The lowest BCUT2D eigenvalue weighted by molar-refractivity contribution is -0.274. The molecule has 4 aromatic rings. The van der Waals surface area contributed by atoms with Crippen LogP contribution in [0.25, 0.3) is 11.5 Å². The van der Waals surface area contributed by atoms with Crippen molar-refractivity contribution in [2.75, 3.05) is 5.32 Å². The van der Waals surface area contributed by atoms with Crippen molar-refractivity contribution in [3.8, 4) is 17.3 Å². The predicted octanol–water partition coefficient (Wildman–Crippen LogP) is 4.27. The molecule has 1 N–H and O–H groups in total. The molecule has 0 radical (unpaired) electrons. The van der Waals surface area contributed by atoms with Crippen LogP contribution < -0.4 is 10.1 Å². The number of halogens is 3. The van der Waals surface area contributed by atoms with E-state index in [-0.39, 0.29) is 23.7 Å². The number of alkyl halides is 3. The predicted molar refractivity (Wildman–Crippen MR) is 106 cm³/mol. The monoisotopic (exact) mass is 441 g/mol. The van der Waals surface area contributed by atoms with Crippen molar-refractivity contribution in [2.45, 2.75) is 12.8 Å². The minimum Gasteiger partial charge on any atom is -0.405 e. The summed E-state index contributed by atoms with van der Waals surface area (Å²) in [4.78, 5) is 25.0. The Labute approximate surface area is 179 Å². The lowest BCUT2D eigenvalue weighted by Crippen LogP contribution is -2.21. The van der Waals surface area contributed by atoms with Crippen molar-refractivity contribution < 1.29 is 27.2 Å². The number of carbonyl (C=O) groups excluding carboxylic acids is 1. The Kier molecular flexibility index (Phi) is 5.79. The second-order valence-electron chi connectivity index (χ2n) is 6.43. The van der Waals surface area contributed by atoms with Gasteiger partial charge in [-0.15, -0.1) is 13.2 Å². The standard InChI is InChI=1S/C21H14F3N5O3/c22-21(23,24)31-17-8-4-2-6-14(17)20(30)27-15-7-3-1-5-13(15)11-18-28-19(29-32-18)16-12-25-9-10-26-16/h1-10,12H,11H2,(H,27,30). The fraction of sp³-hybridized carbons (Fsp3) is 0.0952. The Morgan fingerprint density at radius 1 is 1.06 bits per heavy atom. The number of carbonyl (C=O) groups is 1. The number of aromatic nitrogens is 4. The molecule has 0 atom stereocenters. The van der Waals surface area contributed by atoms with E-state index in [1.807, 2.05) is 0 Å². The quantitative estimate of drug-likeness (QED) is 0.477. The molecule has 0 aliphatic heterocycles. The third-order valence-corrected chi connectivity index (χ3v) is 4.22. The number of nitrogens with zero attached hydrogens (tertiary/aromatic N) is 4. The van der Waals surface area contributed by atoms with Crippen molar-refractivity contribution in [3.63, 3.8) is 0 Å². The van der Waals surface area contributed by atoms with Crippen LogP contribution in [0, 0.1) is 0 Å².